The lowest BCUT2D eigenvalue weighted by Crippen LogP contribution is -2.48. The van der Waals surface area contributed by atoms with Crippen molar-refractivity contribution in [1.29, 1.82) is 0 Å². The van der Waals surface area contributed by atoms with Gasteiger partial charge in [0, 0.05) is 24.7 Å². The fourth-order valence-corrected chi connectivity index (χ4v) is 3.34. The number of hydrogen-bond acceptors (Lipinski definition) is 4. The molecule has 0 spiro atoms. The fourth-order valence-electron chi connectivity index (χ4n) is 2.56. The summed E-state index contributed by atoms with van der Waals surface area (Å²) in [5.74, 6) is 0.532. The third kappa shape index (κ3) is 3.06. The third-order valence-corrected chi connectivity index (χ3v) is 4.63. The Morgan fingerprint density at radius 2 is 2.37 bits per heavy atom. The van der Waals surface area contributed by atoms with Crippen molar-refractivity contribution in [3.05, 3.63) is 16.6 Å². The van der Waals surface area contributed by atoms with Gasteiger partial charge in [-0.05, 0) is 31.6 Å². The minimum Gasteiger partial charge on any atom is -0.391 e. The highest BCUT2D eigenvalue weighted by atomic mass is 32.1. The van der Waals surface area contributed by atoms with Gasteiger partial charge in [0.2, 0.25) is 0 Å². The molecule has 2 aliphatic rings. The predicted octanol–water partition coefficient (Wildman–Crippen LogP) is 1.76. The number of thiazole rings is 1. The van der Waals surface area contributed by atoms with E-state index in [1.807, 2.05) is 5.38 Å². The maximum atomic E-state index is 12.3. The van der Waals surface area contributed by atoms with E-state index < -0.39 is 0 Å². The summed E-state index contributed by atoms with van der Waals surface area (Å²) in [6.45, 7) is 1.18. The average molecular weight is 281 g/mol. The second-order valence-electron chi connectivity index (χ2n) is 5.38. The van der Waals surface area contributed by atoms with Crippen LogP contribution in [0.3, 0.4) is 0 Å². The zero-order valence-electron chi connectivity index (χ0n) is 10.8. The molecule has 104 valence electrons. The van der Waals surface area contributed by atoms with E-state index in [1.165, 1.54) is 0 Å². The summed E-state index contributed by atoms with van der Waals surface area (Å²) in [6, 6.07) is -0.0163. The highest BCUT2D eigenvalue weighted by molar-refractivity contribution is 7.09. The third-order valence-electron chi connectivity index (χ3n) is 3.77. The second kappa shape index (κ2) is 5.46. The molecular formula is C13H19N3O2S. The molecule has 2 unspecified atom stereocenters. The molecule has 1 aliphatic heterocycles. The summed E-state index contributed by atoms with van der Waals surface area (Å²) in [5.41, 5.74) is 0. The van der Waals surface area contributed by atoms with Gasteiger partial charge in [-0.3, -0.25) is 0 Å². The highest BCUT2D eigenvalue weighted by Gasteiger charge is 2.36. The first-order valence-electron chi connectivity index (χ1n) is 6.87. The van der Waals surface area contributed by atoms with Crippen molar-refractivity contribution in [2.75, 3.05) is 13.1 Å². The number of aliphatic hydroxyl groups excluding tert-OH is 1. The lowest BCUT2D eigenvalue weighted by atomic mass is 10.1. The predicted molar refractivity (Wildman–Crippen MR) is 72.9 cm³/mol. The smallest absolute Gasteiger partial charge is 0.318 e. The van der Waals surface area contributed by atoms with E-state index >= 15 is 0 Å². The SMILES string of the molecule is O=C(NC(c1nccs1)C1CC1)N1CCCC(O)C1. The van der Waals surface area contributed by atoms with E-state index in [-0.39, 0.29) is 18.2 Å². The Morgan fingerprint density at radius 3 is 3.00 bits per heavy atom. The summed E-state index contributed by atoms with van der Waals surface area (Å²) >= 11 is 1.59. The van der Waals surface area contributed by atoms with Crippen LogP contribution in [0.4, 0.5) is 4.79 Å². The van der Waals surface area contributed by atoms with E-state index in [0.717, 1.165) is 37.2 Å². The zero-order chi connectivity index (χ0) is 13.2. The van der Waals surface area contributed by atoms with E-state index in [4.69, 9.17) is 0 Å². The maximum Gasteiger partial charge on any atom is 0.318 e. The molecule has 1 saturated heterocycles. The first-order chi connectivity index (χ1) is 9.24. The van der Waals surface area contributed by atoms with Gasteiger partial charge in [0.1, 0.15) is 5.01 Å². The molecule has 1 saturated carbocycles. The Kier molecular flexibility index (Phi) is 3.70. The van der Waals surface area contributed by atoms with Crippen molar-refractivity contribution in [2.24, 2.45) is 5.92 Å². The summed E-state index contributed by atoms with van der Waals surface area (Å²) in [6.07, 6.45) is 5.40. The molecular weight excluding hydrogens is 262 g/mol. The van der Waals surface area contributed by atoms with Gasteiger partial charge in [-0.1, -0.05) is 0 Å². The monoisotopic (exact) mass is 281 g/mol. The Balaban J connectivity index is 1.63. The van der Waals surface area contributed by atoms with Crippen LogP contribution in [0.5, 0.6) is 0 Å². The van der Waals surface area contributed by atoms with Crippen molar-refractivity contribution in [2.45, 2.75) is 37.8 Å². The van der Waals surface area contributed by atoms with Crippen LogP contribution < -0.4 is 5.32 Å². The summed E-state index contributed by atoms with van der Waals surface area (Å²) in [5, 5.41) is 15.7. The van der Waals surface area contributed by atoms with Gasteiger partial charge < -0.3 is 15.3 Å². The summed E-state index contributed by atoms with van der Waals surface area (Å²) in [7, 11) is 0. The summed E-state index contributed by atoms with van der Waals surface area (Å²) < 4.78 is 0. The number of aliphatic hydroxyl groups is 1. The Morgan fingerprint density at radius 1 is 1.53 bits per heavy atom. The number of likely N-dealkylation sites (tertiary alicyclic amines) is 1. The Bertz CT molecular complexity index is 433. The van der Waals surface area contributed by atoms with Crippen LogP contribution in [0.2, 0.25) is 0 Å². The number of nitrogens with zero attached hydrogens (tertiary/aromatic N) is 2. The average Bonchev–Trinajstić information content (AvgIpc) is 3.10. The van der Waals surface area contributed by atoms with E-state index in [1.54, 1.807) is 22.4 Å². The van der Waals surface area contributed by atoms with Crippen LogP contribution in [-0.4, -0.2) is 40.2 Å². The molecule has 2 N–H and O–H groups in total. The minimum atomic E-state index is -0.376. The number of carbonyl (C=O) groups excluding carboxylic acids is 1. The quantitative estimate of drug-likeness (QED) is 0.887. The molecule has 2 atom stereocenters. The van der Waals surface area contributed by atoms with E-state index in [0.29, 0.717) is 12.5 Å². The molecule has 19 heavy (non-hydrogen) atoms. The van der Waals surface area contributed by atoms with Crippen LogP contribution in [0.1, 0.15) is 36.7 Å². The van der Waals surface area contributed by atoms with Crippen molar-refractivity contribution in [3.8, 4) is 0 Å². The lowest BCUT2D eigenvalue weighted by molar-refractivity contribution is 0.0830. The Hall–Kier alpha value is -1.14. The number of β-amino-alcohol motifs (C(OH)–C–C–N with tert-alkyl or cyclic N) is 1. The van der Waals surface area contributed by atoms with Gasteiger partial charge in [-0.2, -0.15) is 0 Å². The number of aromatic nitrogens is 1. The van der Waals surface area contributed by atoms with Gasteiger partial charge in [0.25, 0.3) is 0 Å². The molecule has 2 amide bonds. The minimum absolute atomic E-state index is 0.0477. The largest absolute Gasteiger partial charge is 0.391 e. The van der Waals surface area contributed by atoms with Gasteiger partial charge in [-0.15, -0.1) is 11.3 Å². The van der Waals surface area contributed by atoms with Crippen molar-refractivity contribution in [1.82, 2.24) is 15.2 Å². The normalized spacial score (nSPS) is 25.1. The molecule has 2 fully saturated rings. The molecule has 1 aromatic heterocycles. The molecule has 2 heterocycles. The molecule has 1 aliphatic carbocycles. The van der Waals surface area contributed by atoms with Crippen LogP contribution >= 0.6 is 11.3 Å². The van der Waals surface area contributed by atoms with Crippen molar-refractivity contribution in [3.63, 3.8) is 0 Å². The van der Waals surface area contributed by atoms with Crippen LogP contribution in [0.25, 0.3) is 0 Å². The first kappa shape index (κ1) is 12.9. The number of rotatable bonds is 3. The Labute approximate surface area is 116 Å². The van der Waals surface area contributed by atoms with Gasteiger partial charge in [0.15, 0.2) is 0 Å². The molecule has 6 heteroatoms. The molecule has 0 aromatic carbocycles. The highest BCUT2D eigenvalue weighted by Crippen LogP contribution is 2.41. The first-order valence-corrected chi connectivity index (χ1v) is 7.75. The van der Waals surface area contributed by atoms with Crippen molar-refractivity contribution < 1.29 is 9.90 Å². The van der Waals surface area contributed by atoms with Crippen LogP contribution in [0.15, 0.2) is 11.6 Å². The molecule has 3 rings (SSSR count). The van der Waals surface area contributed by atoms with E-state index in [2.05, 4.69) is 10.3 Å². The summed E-state index contributed by atoms with van der Waals surface area (Å²) in [4.78, 5) is 18.3. The molecule has 0 radical (unpaired) electrons. The van der Waals surface area contributed by atoms with Crippen LogP contribution in [-0.2, 0) is 0 Å². The van der Waals surface area contributed by atoms with Crippen molar-refractivity contribution >= 4 is 17.4 Å². The topological polar surface area (TPSA) is 65.5 Å². The van der Waals surface area contributed by atoms with Crippen LogP contribution in [0, 0.1) is 5.92 Å². The maximum absolute atomic E-state index is 12.3. The molecule has 0 bridgehead atoms. The zero-order valence-corrected chi connectivity index (χ0v) is 11.6. The number of piperidine rings is 1. The number of carbonyl (C=O) groups is 1. The van der Waals surface area contributed by atoms with E-state index in [9.17, 15) is 9.90 Å². The number of urea groups is 1. The fraction of sp³-hybridized carbons (Fsp3) is 0.692. The van der Waals surface area contributed by atoms with Gasteiger partial charge >= 0.3 is 6.03 Å². The number of amides is 2. The second-order valence-corrected chi connectivity index (χ2v) is 6.30. The number of hydrogen-bond donors (Lipinski definition) is 2. The van der Waals surface area contributed by atoms with Gasteiger partial charge in [0.05, 0.1) is 12.1 Å². The number of nitrogens with one attached hydrogen (secondary N) is 1. The lowest BCUT2D eigenvalue weighted by Gasteiger charge is -2.31. The molecule has 5 nitrogen and oxygen atoms in total. The molecule has 1 aromatic rings. The standard InChI is InChI=1S/C13H19N3O2S/c17-10-2-1-6-16(8-10)13(18)15-11(9-3-4-9)12-14-5-7-19-12/h5,7,9-11,17H,1-4,6,8H2,(H,15,18). The van der Waals surface area contributed by atoms with Gasteiger partial charge in [-0.25, -0.2) is 9.78 Å².